The van der Waals surface area contributed by atoms with E-state index in [1.54, 1.807) is 43.3 Å². The van der Waals surface area contributed by atoms with Crippen molar-refractivity contribution in [2.75, 3.05) is 0 Å². The standard InChI is InChI=1S/C18H16Cl3NO3/c1-10(15-7-6-14(20)9-16(15)21)22-17(23)11(2)25-18(24)12-4-3-5-13(19)8-12/h3-11H,1-2H3,(H,22,23)/t10-,11-/m1/s1. The summed E-state index contributed by atoms with van der Waals surface area (Å²) in [4.78, 5) is 24.3. The zero-order chi connectivity index (χ0) is 18.6. The third-order valence-corrected chi connectivity index (χ3v) is 4.30. The van der Waals surface area contributed by atoms with Gasteiger partial charge >= 0.3 is 5.97 Å². The fourth-order valence-corrected chi connectivity index (χ4v) is 2.92. The van der Waals surface area contributed by atoms with E-state index >= 15 is 0 Å². The lowest BCUT2D eigenvalue weighted by atomic mass is 10.1. The molecule has 7 heteroatoms. The highest BCUT2D eigenvalue weighted by atomic mass is 35.5. The van der Waals surface area contributed by atoms with Crippen molar-refractivity contribution in [3.63, 3.8) is 0 Å². The van der Waals surface area contributed by atoms with Gasteiger partial charge < -0.3 is 10.1 Å². The van der Waals surface area contributed by atoms with Gasteiger partial charge in [0, 0.05) is 15.1 Å². The van der Waals surface area contributed by atoms with Crippen molar-refractivity contribution in [3.8, 4) is 0 Å². The summed E-state index contributed by atoms with van der Waals surface area (Å²) < 4.78 is 5.18. The number of carbonyl (C=O) groups is 2. The van der Waals surface area contributed by atoms with Gasteiger partial charge in [-0.3, -0.25) is 4.79 Å². The maximum atomic E-state index is 12.3. The second-order valence-electron chi connectivity index (χ2n) is 5.45. The monoisotopic (exact) mass is 399 g/mol. The Morgan fingerprint density at radius 1 is 1.00 bits per heavy atom. The third kappa shape index (κ3) is 5.36. The van der Waals surface area contributed by atoms with Gasteiger partial charge in [0.1, 0.15) is 0 Å². The Labute approximate surface area is 161 Å². The number of halogens is 3. The molecule has 132 valence electrons. The highest BCUT2D eigenvalue weighted by Crippen LogP contribution is 2.26. The van der Waals surface area contributed by atoms with E-state index in [2.05, 4.69) is 5.32 Å². The van der Waals surface area contributed by atoms with Crippen molar-refractivity contribution in [1.29, 1.82) is 0 Å². The summed E-state index contributed by atoms with van der Waals surface area (Å²) in [7, 11) is 0. The third-order valence-electron chi connectivity index (χ3n) is 3.50. The van der Waals surface area contributed by atoms with Crippen molar-refractivity contribution in [2.45, 2.75) is 26.0 Å². The van der Waals surface area contributed by atoms with Crippen LogP contribution >= 0.6 is 34.8 Å². The van der Waals surface area contributed by atoms with E-state index in [1.807, 2.05) is 0 Å². The van der Waals surface area contributed by atoms with Crippen molar-refractivity contribution in [1.82, 2.24) is 5.32 Å². The summed E-state index contributed by atoms with van der Waals surface area (Å²) in [6.45, 7) is 3.27. The van der Waals surface area contributed by atoms with Crippen LogP contribution in [0.1, 0.15) is 35.8 Å². The molecule has 0 aliphatic heterocycles. The number of hydrogen-bond acceptors (Lipinski definition) is 3. The molecule has 0 fully saturated rings. The van der Waals surface area contributed by atoms with Crippen LogP contribution in [0, 0.1) is 0 Å². The number of benzene rings is 2. The van der Waals surface area contributed by atoms with E-state index in [9.17, 15) is 9.59 Å². The summed E-state index contributed by atoms with van der Waals surface area (Å²) in [5.74, 6) is -1.06. The number of nitrogens with one attached hydrogen (secondary N) is 1. The Hall–Kier alpha value is -1.75. The van der Waals surface area contributed by atoms with E-state index in [0.29, 0.717) is 20.6 Å². The summed E-state index contributed by atoms with van der Waals surface area (Å²) in [5.41, 5.74) is 0.994. The van der Waals surface area contributed by atoms with Crippen molar-refractivity contribution in [2.24, 2.45) is 0 Å². The first-order chi connectivity index (χ1) is 11.8. The van der Waals surface area contributed by atoms with Crippen LogP contribution in [0.2, 0.25) is 15.1 Å². The first-order valence-electron chi connectivity index (χ1n) is 7.50. The fourth-order valence-electron chi connectivity index (χ4n) is 2.16. The predicted octanol–water partition coefficient (Wildman–Crippen LogP) is 5.07. The SMILES string of the molecule is C[C@@H](OC(=O)c1cccc(Cl)c1)C(=O)N[C@H](C)c1ccc(Cl)cc1Cl. The Morgan fingerprint density at radius 2 is 1.68 bits per heavy atom. The summed E-state index contributed by atoms with van der Waals surface area (Å²) in [6, 6.07) is 11.0. The van der Waals surface area contributed by atoms with Crippen molar-refractivity contribution in [3.05, 3.63) is 68.7 Å². The van der Waals surface area contributed by atoms with E-state index in [4.69, 9.17) is 39.5 Å². The molecular formula is C18H16Cl3NO3. The van der Waals surface area contributed by atoms with Gasteiger partial charge in [0.15, 0.2) is 6.10 Å². The van der Waals surface area contributed by atoms with Crippen molar-refractivity contribution >= 4 is 46.7 Å². The molecule has 2 aromatic carbocycles. The minimum absolute atomic E-state index is 0.279. The van der Waals surface area contributed by atoms with Crippen LogP contribution in [0.15, 0.2) is 42.5 Å². The molecule has 2 rings (SSSR count). The normalized spacial score (nSPS) is 13.0. The number of ether oxygens (including phenoxy) is 1. The van der Waals surface area contributed by atoms with Crippen LogP contribution in [-0.2, 0) is 9.53 Å². The van der Waals surface area contributed by atoms with Crippen LogP contribution < -0.4 is 5.32 Å². The van der Waals surface area contributed by atoms with E-state index in [0.717, 1.165) is 0 Å². The predicted molar refractivity (Wildman–Crippen MR) is 99.3 cm³/mol. The van der Waals surface area contributed by atoms with E-state index in [-0.39, 0.29) is 11.6 Å². The van der Waals surface area contributed by atoms with Gasteiger partial charge in [0.2, 0.25) is 0 Å². The first kappa shape index (κ1) is 19.6. The Balaban J connectivity index is 1.98. The van der Waals surface area contributed by atoms with Gasteiger partial charge in [-0.1, -0.05) is 46.9 Å². The molecule has 1 amide bonds. The number of carbonyl (C=O) groups excluding carboxylic acids is 2. The molecule has 0 aliphatic carbocycles. The van der Waals surface area contributed by atoms with Gasteiger partial charge in [-0.25, -0.2) is 4.79 Å². The summed E-state index contributed by atoms with van der Waals surface area (Å²) in [5, 5.41) is 4.13. The maximum Gasteiger partial charge on any atom is 0.338 e. The molecule has 0 saturated heterocycles. The molecule has 25 heavy (non-hydrogen) atoms. The molecule has 1 N–H and O–H groups in total. The molecule has 2 atom stereocenters. The molecule has 4 nitrogen and oxygen atoms in total. The number of rotatable bonds is 5. The number of esters is 1. The van der Waals surface area contributed by atoms with Gasteiger partial charge in [-0.05, 0) is 49.7 Å². The second kappa shape index (κ2) is 8.56. The number of amides is 1. The van der Waals surface area contributed by atoms with Crippen LogP contribution in [0.4, 0.5) is 0 Å². The van der Waals surface area contributed by atoms with Crippen molar-refractivity contribution < 1.29 is 14.3 Å². The molecule has 0 radical (unpaired) electrons. The zero-order valence-corrected chi connectivity index (χ0v) is 15.8. The highest BCUT2D eigenvalue weighted by Gasteiger charge is 2.21. The lowest BCUT2D eigenvalue weighted by Gasteiger charge is -2.19. The number of hydrogen-bond donors (Lipinski definition) is 1. The molecular weight excluding hydrogens is 385 g/mol. The largest absolute Gasteiger partial charge is 0.449 e. The Kier molecular flexibility index (Phi) is 6.71. The quantitative estimate of drug-likeness (QED) is 0.713. The summed E-state index contributed by atoms with van der Waals surface area (Å²) >= 11 is 17.8. The highest BCUT2D eigenvalue weighted by molar-refractivity contribution is 6.35. The molecule has 0 spiro atoms. The van der Waals surface area contributed by atoms with Crippen LogP contribution in [0.25, 0.3) is 0 Å². The molecule has 0 aromatic heterocycles. The lowest BCUT2D eigenvalue weighted by Crippen LogP contribution is -2.37. The van der Waals surface area contributed by atoms with Gasteiger partial charge in [0.25, 0.3) is 5.91 Å². The second-order valence-corrected chi connectivity index (χ2v) is 6.73. The minimum Gasteiger partial charge on any atom is -0.449 e. The fraction of sp³-hybridized carbons (Fsp3) is 0.222. The van der Waals surface area contributed by atoms with Crippen LogP contribution in [-0.4, -0.2) is 18.0 Å². The first-order valence-corrected chi connectivity index (χ1v) is 8.63. The maximum absolute atomic E-state index is 12.3. The zero-order valence-electron chi connectivity index (χ0n) is 13.6. The average molecular weight is 401 g/mol. The van der Waals surface area contributed by atoms with E-state index in [1.165, 1.54) is 13.0 Å². The van der Waals surface area contributed by atoms with Crippen LogP contribution in [0.3, 0.4) is 0 Å². The van der Waals surface area contributed by atoms with Crippen LogP contribution in [0.5, 0.6) is 0 Å². The Bertz CT molecular complexity index is 795. The molecule has 0 saturated carbocycles. The molecule has 0 heterocycles. The molecule has 2 aromatic rings. The van der Waals surface area contributed by atoms with Gasteiger partial charge in [-0.2, -0.15) is 0 Å². The molecule has 0 bridgehead atoms. The smallest absolute Gasteiger partial charge is 0.338 e. The molecule has 0 unspecified atom stereocenters. The Morgan fingerprint density at radius 3 is 2.32 bits per heavy atom. The summed E-state index contributed by atoms with van der Waals surface area (Å²) in [6.07, 6.45) is -0.972. The topological polar surface area (TPSA) is 55.4 Å². The lowest BCUT2D eigenvalue weighted by molar-refractivity contribution is -0.129. The minimum atomic E-state index is -0.972. The average Bonchev–Trinajstić information content (AvgIpc) is 2.54. The van der Waals surface area contributed by atoms with Gasteiger partial charge in [-0.15, -0.1) is 0 Å². The molecule has 0 aliphatic rings. The van der Waals surface area contributed by atoms with E-state index < -0.39 is 18.0 Å². The van der Waals surface area contributed by atoms with Gasteiger partial charge in [0.05, 0.1) is 11.6 Å².